The Morgan fingerprint density at radius 1 is 1.55 bits per heavy atom. The predicted octanol–water partition coefficient (Wildman–Crippen LogP) is 3.03. The van der Waals surface area contributed by atoms with Gasteiger partial charge in [-0.05, 0) is 41.4 Å². The van der Waals surface area contributed by atoms with E-state index in [-0.39, 0.29) is 0 Å². The molecule has 0 amide bonds. The standard InChI is InChI=1S/C9H10BrO/c1-3-11-9-7(2)5-4-6-8(9)10/h4-6H,2-3H2,1H3. The van der Waals surface area contributed by atoms with E-state index in [0.29, 0.717) is 6.61 Å². The summed E-state index contributed by atoms with van der Waals surface area (Å²) in [6.45, 7) is 6.47. The Morgan fingerprint density at radius 3 is 2.82 bits per heavy atom. The van der Waals surface area contributed by atoms with Crippen molar-refractivity contribution < 1.29 is 4.74 Å². The molecule has 0 aromatic heterocycles. The van der Waals surface area contributed by atoms with Gasteiger partial charge in [-0.25, -0.2) is 0 Å². The van der Waals surface area contributed by atoms with Crippen molar-refractivity contribution in [2.75, 3.05) is 6.61 Å². The molecule has 0 bridgehead atoms. The van der Waals surface area contributed by atoms with Crippen LogP contribution in [0.2, 0.25) is 0 Å². The summed E-state index contributed by atoms with van der Waals surface area (Å²) in [5.41, 5.74) is 0.918. The van der Waals surface area contributed by atoms with Crippen LogP contribution in [0.3, 0.4) is 0 Å². The van der Waals surface area contributed by atoms with Crippen molar-refractivity contribution in [3.05, 3.63) is 35.2 Å². The van der Waals surface area contributed by atoms with Gasteiger partial charge in [0.25, 0.3) is 0 Å². The summed E-state index contributed by atoms with van der Waals surface area (Å²) in [4.78, 5) is 0. The highest BCUT2D eigenvalue weighted by molar-refractivity contribution is 9.10. The van der Waals surface area contributed by atoms with Crippen LogP contribution in [0.1, 0.15) is 12.5 Å². The van der Waals surface area contributed by atoms with Gasteiger partial charge in [-0.2, -0.15) is 0 Å². The van der Waals surface area contributed by atoms with Crippen LogP contribution in [0, 0.1) is 6.92 Å². The van der Waals surface area contributed by atoms with E-state index in [2.05, 4.69) is 22.9 Å². The van der Waals surface area contributed by atoms with E-state index in [9.17, 15) is 0 Å². The van der Waals surface area contributed by atoms with Crippen molar-refractivity contribution in [3.8, 4) is 5.75 Å². The lowest BCUT2D eigenvalue weighted by atomic mass is 10.2. The first kappa shape index (κ1) is 8.60. The van der Waals surface area contributed by atoms with Crippen LogP contribution in [-0.4, -0.2) is 6.61 Å². The van der Waals surface area contributed by atoms with Gasteiger partial charge >= 0.3 is 0 Å². The average molecular weight is 214 g/mol. The molecule has 0 aliphatic carbocycles. The topological polar surface area (TPSA) is 9.23 Å². The maximum atomic E-state index is 5.36. The minimum Gasteiger partial charge on any atom is -0.492 e. The molecule has 0 aliphatic rings. The molecular weight excluding hydrogens is 204 g/mol. The molecule has 0 saturated carbocycles. The quantitative estimate of drug-likeness (QED) is 0.735. The van der Waals surface area contributed by atoms with Crippen molar-refractivity contribution in [2.45, 2.75) is 6.92 Å². The Morgan fingerprint density at radius 2 is 2.27 bits per heavy atom. The first-order chi connectivity index (χ1) is 5.25. The van der Waals surface area contributed by atoms with Crippen molar-refractivity contribution in [1.82, 2.24) is 0 Å². The van der Waals surface area contributed by atoms with Crippen LogP contribution in [0.25, 0.3) is 0 Å². The Hall–Kier alpha value is -0.500. The van der Waals surface area contributed by atoms with Gasteiger partial charge in [-0.1, -0.05) is 12.1 Å². The van der Waals surface area contributed by atoms with Crippen molar-refractivity contribution in [3.63, 3.8) is 0 Å². The van der Waals surface area contributed by atoms with Crippen molar-refractivity contribution in [2.24, 2.45) is 0 Å². The van der Waals surface area contributed by atoms with Crippen LogP contribution >= 0.6 is 15.9 Å². The van der Waals surface area contributed by atoms with E-state index < -0.39 is 0 Å². The fraction of sp³-hybridized carbons (Fsp3) is 0.222. The zero-order chi connectivity index (χ0) is 8.27. The molecule has 1 aromatic carbocycles. The molecule has 2 heteroatoms. The SMILES string of the molecule is [CH2]c1cccc(Br)c1OCC. The van der Waals surface area contributed by atoms with Gasteiger partial charge in [0, 0.05) is 0 Å². The van der Waals surface area contributed by atoms with Gasteiger partial charge in [-0.15, -0.1) is 0 Å². The van der Waals surface area contributed by atoms with E-state index >= 15 is 0 Å². The van der Waals surface area contributed by atoms with Crippen molar-refractivity contribution >= 4 is 15.9 Å². The molecule has 0 fully saturated rings. The number of ether oxygens (including phenoxy) is 1. The molecule has 0 atom stereocenters. The minimum absolute atomic E-state index is 0.672. The smallest absolute Gasteiger partial charge is 0.136 e. The third-order valence-electron chi connectivity index (χ3n) is 1.34. The first-order valence-corrected chi connectivity index (χ1v) is 4.28. The van der Waals surface area contributed by atoms with E-state index in [1.807, 2.05) is 25.1 Å². The molecule has 0 aliphatic heterocycles. The maximum Gasteiger partial charge on any atom is 0.136 e. The summed E-state index contributed by atoms with van der Waals surface area (Å²) < 4.78 is 6.32. The summed E-state index contributed by atoms with van der Waals surface area (Å²) in [5, 5.41) is 0. The summed E-state index contributed by atoms with van der Waals surface area (Å²) >= 11 is 3.38. The Labute approximate surface area is 75.5 Å². The second kappa shape index (κ2) is 3.77. The number of halogens is 1. The van der Waals surface area contributed by atoms with Crippen LogP contribution in [-0.2, 0) is 0 Å². The molecule has 1 rings (SSSR count). The predicted molar refractivity (Wildman–Crippen MR) is 49.8 cm³/mol. The molecule has 1 radical (unpaired) electrons. The summed E-state index contributed by atoms with van der Waals surface area (Å²) in [6.07, 6.45) is 0. The molecule has 11 heavy (non-hydrogen) atoms. The number of benzene rings is 1. The third-order valence-corrected chi connectivity index (χ3v) is 1.96. The van der Waals surface area contributed by atoms with Gasteiger partial charge < -0.3 is 4.74 Å². The highest BCUT2D eigenvalue weighted by atomic mass is 79.9. The second-order valence-corrected chi connectivity index (χ2v) is 3.02. The number of rotatable bonds is 2. The van der Waals surface area contributed by atoms with E-state index in [0.717, 1.165) is 15.8 Å². The molecule has 0 spiro atoms. The molecular formula is C9H10BrO. The van der Waals surface area contributed by atoms with Gasteiger partial charge in [0.1, 0.15) is 5.75 Å². The maximum absolute atomic E-state index is 5.36. The van der Waals surface area contributed by atoms with E-state index in [4.69, 9.17) is 4.74 Å². The molecule has 59 valence electrons. The number of hydrogen-bond donors (Lipinski definition) is 0. The fourth-order valence-electron chi connectivity index (χ4n) is 0.859. The second-order valence-electron chi connectivity index (χ2n) is 2.16. The summed E-state index contributed by atoms with van der Waals surface area (Å²) in [7, 11) is 0. The lowest BCUT2D eigenvalue weighted by Crippen LogP contribution is -1.94. The number of para-hydroxylation sites is 1. The van der Waals surface area contributed by atoms with Gasteiger partial charge in [0.2, 0.25) is 0 Å². The highest BCUT2D eigenvalue weighted by Gasteiger charge is 2.01. The van der Waals surface area contributed by atoms with Gasteiger partial charge in [0.15, 0.2) is 0 Å². The average Bonchev–Trinajstić information content (AvgIpc) is 1.97. The lowest BCUT2D eigenvalue weighted by molar-refractivity contribution is 0.337. The van der Waals surface area contributed by atoms with Crippen LogP contribution < -0.4 is 4.74 Å². The number of hydrogen-bond acceptors (Lipinski definition) is 1. The monoisotopic (exact) mass is 213 g/mol. The zero-order valence-corrected chi connectivity index (χ0v) is 8.02. The van der Waals surface area contributed by atoms with E-state index in [1.165, 1.54) is 0 Å². The molecule has 0 heterocycles. The summed E-state index contributed by atoms with van der Waals surface area (Å²) in [5.74, 6) is 0.843. The first-order valence-electron chi connectivity index (χ1n) is 3.49. The van der Waals surface area contributed by atoms with Crippen LogP contribution in [0.5, 0.6) is 5.75 Å². The fourth-order valence-corrected chi connectivity index (χ4v) is 1.38. The minimum atomic E-state index is 0.672. The molecule has 0 unspecified atom stereocenters. The van der Waals surface area contributed by atoms with E-state index in [1.54, 1.807) is 0 Å². The highest BCUT2D eigenvalue weighted by Crippen LogP contribution is 2.27. The van der Waals surface area contributed by atoms with Crippen LogP contribution in [0.15, 0.2) is 22.7 Å². The molecule has 0 saturated heterocycles. The van der Waals surface area contributed by atoms with Crippen LogP contribution in [0.4, 0.5) is 0 Å². The molecule has 1 aromatic rings. The largest absolute Gasteiger partial charge is 0.492 e. The Balaban J connectivity index is 3.00. The summed E-state index contributed by atoms with van der Waals surface area (Å²) in [6, 6.07) is 5.81. The third kappa shape index (κ3) is 1.96. The van der Waals surface area contributed by atoms with Gasteiger partial charge in [0.05, 0.1) is 11.1 Å². The Kier molecular flexibility index (Phi) is 2.94. The normalized spacial score (nSPS) is 9.73. The molecule has 0 N–H and O–H groups in total. The zero-order valence-electron chi connectivity index (χ0n) is 6.43. The lowest BCUT2D eigenvalue weighted by Gasteiger charge is -2.07. The Bertz CT molecular complexity index is 225. The van der Waals surface area contributed by atoms with Crippen molar-refractivity contribution in [1.29, 1.82) is 0 Å². The van der Waals surface area contributed by atoms with Gasteiger partial charge in [-0.3, -0.25) is 0 Å². The molecule has 1 nitrogen and oxygen atoms in total.